The van der Waals surface area contributed by atoms with Crippen molar-refractivity contribution in [1.29, 1.82) is 0 Å². The Morgan fingerprint density at radius 1 is 1.15 bits per heavy atom. The summed E-state index contributed by atoms with van der Waals surface area (Å²) in [7, 11) is 0. The second-order valence-electron chi connectivity index (χ2n) is 6.55. The summed E-state index contributed by atoms with van der Waals surface area (Å²) < 4.78 is 0. The first-order valence-corrected chi connectivity index (χ1v) is 8.69. The van der Waals surface area contributed by atoms with Gasteiger partial charge in [0.1, 0.15) is 0 Å². The normalized spacial score (nSPS) is 12.9. The molecule has 1 heterocycles. The zero-order valence-corrected chi connectivity index (χ0v) is 15.1. The molecule has 27 heavy (non-hydrogen) atoms. The lowest BCUT2D eigenvalue weighted by Gasteiger charge is -2.28. The molecule has 0 saturated heterocycles. The molecule has 0 unspecified atom stereocenters. The minimum Gasteiger partial charge on any atom is -0.366 e. The number of benzene rings is 2. The van der Waals surface area contributed by atoms with Crippen LogP contribution in [0.5, 0.6) is 0 Å². The van der Waals surface area contributed by atoms with E-state index in [0.29, 0.717) is 23.4 Å². The number of primary amides is 1. The molecule has 1 aliphatic heterocycles. The van der Waals surface area contributed by atoms with Crippen LogP contribution in [0.2, 0.25) is 0 Å². The molecule has 0 saturated carbocycles. The van der Waals surface area contributed by atoms with Gasteiger partial charge in [-0.1, -0.05) is 6.58 Å². The van der Waals surface area contributed by atoms with Gasteiger partial charge in [-0.05, 0) is 73.4 Å². The molecule has 3 amide bonds. The third-order valence-corrected chi connectivity index (χ3v) is 4.52. The fourth-order valence-corrected chi connectivity index (χ4v) is 3.28. The highest BCUT2D eigenvalue weighted by atomic mass is 16.2. The standard InChI is InChI=1S/C21H21N3O3/c1-3-19(25)24-8-4-5-14-11-15(6-7-18(14)24)21(27)23-17-10-13(2)9-16(12-17)20(22)26/h3,6-7,9-12H,1,4-5,8H2,2H3,(H2,22,26)(H,23,27). The lowest BCUT2D eigenvalue weighted by Crippen LogP contribution is -2.34. The van der Waals surface area contributed by atoms with Gasteiger partial charge in [-0.15, -0.1) is 0 Å². The van der Waals surface area contributed by atoms with Crippen molar-refractivity contribution < 1.29 is 14.4 Å². The molecule has 0 radical (unpaired) electrons. The fourth-order valence-electron chi connectivity index (χ4n) is 3.28. The Kier molecular flexibility index (Phi) is 5.07. The minimum atomic E-state index is -0.546. The number of nitrogens with zero attached hydrogens (tertiary/aromatic N) is 1. The van der Waals surface area contributed by atoms with Crippen molar-refractivity contribution in [3.05, 3.63) is 71.3 Å². The molecule has 0 atom stereocenters. The predicted octanol–water partition coefficient (Wildman–Crippen LogP) is 2.81. The smallest absolute Gasteiger partial charge is 0.255 e. The van der Waals surface area contributed by atoms with Gasteiger partial charge >= 0.3 is 0 Å². The number of rotatable bonds is 4. The van der Waals surface area contributed by atoms with Crippen LogP contribution in [0, 0.1) is 6.92 Å². The first-order valence-electron chi connectivity index (χ1n) is 8.69. The number of fused-ring (bicyclic) bond motifs is 1. The van der Waals surface area contributed by atoms with E-state index in [4.69, 9.17) is 5.73 Å². The van der Waals surface area contributed by atoms with Crippen molar-refractivity contribution in [3.63, 3.8) is 0 Å². The van der Waals surface area contributed by atoms with Crippen LogP contribution in [-0.2, 0) is 11.2 Å². The summed E-state index contributed by atoms with van der Waals surface area (Å²) in [6.07, 6.45) is 2.93. The lowest BCUT2D eigenvalue weighted by molar-refractivity contribution is -0.114. The molecule has 138 valence electrons. The van der Waals surface area contributed by atoms with Crippen LogP contribution >= 0.6 is 0 Å². The Hall–Kier alpha value is -3.41. The first-order chi connectivity index (χ1) is 12.9. The largest absolute Gasteiger partial charge is 0.366 e. The summed E-state index contributed by atoms with van der Waals surface area (Å²) in [5.41, 5.74) is 9.26. The number of anilines is 2. The molecule has 0 fully saturated rings. The molecule has 2 aromatic rings. The number of aryl methyl sites for hydroxylation is 2. The Bertz CT molecular complexity index is 950. The molecule has 6 nitrogen and oxygen atoms in total. The van der Waals surface area contributed by atoms with Gasteiger partial charge in [0.15, 0.2) is 0 Å². The van der Waals surface area contributed by atoms with Gasteiger partial charge in [-0.3, -0.25) is 14.4 Å². The van der Waals surface area contributed by atoms with Gasteiger partial charge in [0.05, 0.1) is 0 Å². The van der Waals surface area contributed by atoms with Crippen molar-refractivity contribution >= 4 is 29.1 Å². The number of hydrogen-bond acceptors (Lipinski definition) is 3. The van der Waals surface area contributed by atoms with E-state index >= 15 is 0 Å². The van der Waals surface area contributed by atoms with Crippen LogP contribution in [0.25, 0.3) is 0 Å². The summed E-state index contributed by atoms with van der Waals surface area (Å²) in [5.74, 6) is -0.979. The molecule has 3 rings (SSSR count). The number of carbonyl (C=O) groups excluding carboxylic acids is 3. The zero-order chi connectivity index (χ0) is 19.6. The molecule has 0 aromatic heterocycles. The second-order valence-corrected chi connectivity index (χ2v) is 6.55. The quantitative estimate of drug-likeness (QED) is 0.818. The second kappa shape index (κ2) is 7.45. The zero-order valence-electron chi connectivity index (χ0n) is 15.1. The van der Waals surface area contributed by atoms with E-state index in [0.717, 1.165) is 29.7 Å². The third kappa shape index (κ3) is 3.89. The molecule has 2 aromatic carbocycles. The highest BCUT2D eigenvalue weighted by molar-refractivity contribution is 6.06. The fraction of sp³-hybridized carbons (Fsp3) is 0.190. The number of hydrogen-bond donors (Lipinski definition) is 2. The maximum absolute atomic E-state index is 12.6. The van der Waals surface area contributed by atoms with Crippen LogP contribution in [0.15, 0.2) is 49.1 Å². The van der Waals surface area contributed by atoms with Gasteiger partial charge in [0.2, 0.25) is 11.8 Å². The molecule has 0 bridgehead atoms. The molecular weight excluding hydrogens is 342 g/mol. The third-order valence-electron chi connectivity index (χ3n) is 4.52. The molecule has 0 spiro atoms. The highest BCUT2D eigenvalue weighted by Gasteiger charge is 2.22. The van der Waals surface area contributed by atoms with E-state index in [2.05, 4.69) is 11.9 Å². The lowest BCUT2D eigenvalue weighted by atomic mass is 9.98. The van der Waals surface area contributed by atoms with Gasteiger partial charge in [0, 0.05) is 29.0 Å². The van der Waals surface area contributed by atoms with Crippen LogP contribution in [0.1, 0.15) is 38.3 Å². The van der Waals surface area contributed by atoms with E-state index in [1.54, 1.807) is 41.3 Å². The number of nitrogens with two attached hydrogens (primary N) is 1. The number of amides is 3. The summed E-state index contributed by atoms with van der Waals surface area (Å²) in [6, 6.07) is 10.3. The van der Waals surface area contributed by atoms with Crippen LogP contribution in [0.3, 0.4) is 0 Å². The first kappa shape index (κ1) is 18.4. The highest BCUT2D eigenvalue weighted by Crippen LogP contribution is 2.28. The van der Waals surface area contributed by atoms with Crippen molar-refractivity contribution in [2.75, 3.05) is 16.8 Å². The summed E-state index contributed by atoms with van der Waals surface area (Å²) in [4.78, 5) is 37.7. The average molecular weight is 363 g/mol. The Morgan fingerprint density at radius 3 is 2.63 bits per heavy atom. The van der Waals surface area contributed by atoms with Crippen molar-refractivity contribution in [1.82, 2.24) is 0 Å². The Labute approximate surface area is 157 Å². The topological polar surface area (TPSA) is 92.5 Å². The summed E-state index contributed by atoms with van der Waals surface area (Å²) in [5, 5.41) is 2.80. The predicted molar refractivity (Wildman–Crippen MR) is 105 cm³/mol. The van der Waals surface area contributed by atoms with Crippen molar-refractivity contribution in [3.8, 4) is 0 Å². The van der Waals surface area contributed by atoms with Crippen molar-refractivity contribution in [2.45, 2.75) is 19.8 Å². The molecular formula is C21H21N3O3. The van der Waals surface area contributed by atoms with E-state index in [1.165, 1.54) is 6.08 Å². The van der Waals surface area contributed by atoms with E-state index in [1.807, 2.05) is 6.92 Å². The van der Waals surface area contributed by atoms with E-state index in [-0.39, 0.29) is 11.8 Å². The average Bonchev–Trinajstić information content (AvgIpc) is 2.65. The van der Waals surface area contributed by atoms with Crippen LogP contribution in [0.4, 0.5) is 11.4 Å². The summed E-state index contributed by atoms with van der Waals surface area (Å²) in [6.45, 7) is 6.01. The van der Waals surface area contributed by atoms with Crippen LogP contribution in [-0.4, -0.2) is 24.3 Å². The van der Waals surface area contributed by atoms with Gasteiger partial charge < -0.3 is 16.0 Å². The molecule has 0 aliphatic carbocycles. The molecule has 6 heteroatoms. The summed E-state index contributed by atoms with van der Waals surface area (Å²) >= 11 is 0. The van der Waals surface area contributed by atoms with E-state index in [9.17, 15) is 14.4 Å². The van der Waals surface area contributed by atoms with E-state index < -0.39 is 5.91 Å². The number of nitrogens with one attached hydrogen (secondary N) is 1. The van der Waals surface area contributed by atoms with Gasteiger partial charge in [-0.2, -0.15) is 0 Å². The Morgan fingerprint density at radius 2 is 1.93 bits per heavy atom. The SMILES string of the molecule is C=CC(=O)N1CCCc2cc(C(=O)Nc3cc(C)cc(C(N)=O)c3)ccc21. The number of carbonyl (C=O) groups is 3. The molecule has 1 aliphatic rings. The van der Waals surface area contributed by atoms with Gasteiger partial charge in [-0.25, -0.2) is 0 Å². The van der Waals surface area contributed by atoms with Gasteiger partial charge in [0.25, 0.3) is 5.91 Å². The molecule has 3 N–H and O–H groups in total. The maximum atomic E-state index is 12.6. The van der Waals surface area contributed by atoms with Crippen LogP contribution < -0.4 is 16.0 Å². The monoisotopic (exact) mass is 363 g/mol. The maximum Gasteiger partial charge on any atom is 0.255 e. The Balaban J connectivity index is 1.85. The van der Waals surface area contributed by atoms with Crippen molar-refractivity contribution in [2.24, 2.45) is 5.73 Å². The minimum absolute atomic E-state index is 0.146.